The highest BCUT2D eigenvalue weighted by Crippen LogP contribution is 2.29. The van der Waals surface area contributed by atoms with Gasteiger partial charge in [0.15, 0.2) is 11.5 Å². The number of likely N-dealkylation sites (N-methyl/N-ethyl adjacent to an activating group) is 2. The second-order valence-corrected chi connectivity index (χ2v) is 9.66. The van der Waals surface area contributed by atoms with Crippen LogP contribution in [0, 0.1) is 0 Å². The number of hydrogen-bond acceptors (Lipinski definition) is 7. The Bertz CT molecular complexity index is 947. The molecular weight excluding hydrogens is 458 g/mol. The van der Waals surface area contributed by atoms with E-state index < -0.39 is 29.3 Å². The Morgan fingerprint density at radius 3 is 1.74 bits per heavy atom. The number of benzene rings is 1. The monoisotopic (exact) mass is 493 g/mol. The van der Waals surface area contributed by atoms with Crippen LogP contribution in [0.4, 0.5) is 9.59 Å². The first kappa shape index (κ1) is 29.4. The summed E-state index contributed by atoms with van der Waals surface area (Å²) in [5, 5.41) is 3.08. The van der Waals surface area contributed by atoms with Crippen LogP contribution in [0.5, 0.6) is 11.5 Å². The fraction of sp³-hybridized carbons (Fsp3) is 0.609. The van der Waals surface area contributed by atoms with Crippen molar-refractivity contribution in [2.45, 2.75) is 52.7 Å². The van der Waals surface area contributed by atoms with Gasteiger partial charge in [0, 0.05) is 24.6 Å². The first-order chi connectivity index (χ1) is 16.1. The van der Waals surface area contributed by atoms with Crippen molar-refractivity contribution in [1.82, 2.24) is 9.80 Å². The SMILES string of the molecule is CN(CCOc1ccc(C(=O)N=[N+]=[N-])cc1OCCN(C)C(=O)OC(C)(C)C)C(=O)OC(C)(C)C. The maximum atomic E-state index is 12.1. The molecule has 0 N–H and O–H groups in total. The van der Waals surface area contributed by atoms with E-state index in [0.29, 0.717) is 5.75 Å². The van der Waals surface area contributed by atoms with E-state index in [1.807, 2.05) is 0 Å². The van der Waals surface area contributed by atoms with E-state index in [9.17, 15) is 14.4 Å². The van der Waals surface area contributed by atoms with E-state index in [-0.39, 0.29) is 37.6 Å². The molecule has 0 unspecified atom stereocenters. The van der Waals surface area contributed by atoms with Gasteiger partial charge in [-0.25, -0.2) is 9.59 Å². The minimum absolute atomic E-state index is 0.0725. The number of ether oxygens (including phenoxy) is 4. The molecule has 35 heavy (non-hydrogen) atoms. The van der Waals surface area contributed by atoms with Crippen LogP contribution in [0.2, 0.25) is 0 Å². The second-order valence-electron chi connectivity index (χ2n) is 9.66. The summed E-state index contributed by atoms with van der Waals surface area (Å²) in [4.78, 5) is 41.4. The molecule has 12 nitrogen and oxygen atoms in total. The number of amides is 3. The summed E-state index contributed by atoms with van der Waals surface area (Å²) in [6.45, 7) is 11.3. The van der Waals surface area contributed by atoms with Crippen LogP contribution in [0.3, 0.4) is 0 Å². The molecule has 0 saturated carbocycles. The van der Waals surface area contributed by atoms with Crippen LogP contribution < -0.4 is 9.47 Å². The summed E-state index contributed by atoms with van der Waals surface area (Å²) in [5.74, 6) is -0.263. The summed E-state index contributed by atoms with van der Waals surface area (Å²) in [6, 6.07) is 4.32. The average molecular weight is 494 g/mol. The molecule has 1 aromatic rings. The number of nitrogens with zero attached hydrogens (tertiary/aromatic N) is 5. The Hall–Kier alpha value is -3.66. The summed E-state index contributed by atoms with van der Waals surface area (Å²) >= 11 is 0. The number of azide groups is 1. The molecule has 0 bridgehead atoms. The zero-order valence-electron chi connectivity index (χ0n) is 21.7. The molecule has 0 aliphatic carbocycles. The minimum Gasteiger partial charge on any atom is -0.488 e. The van der Waals surface area contributed by atoms with Gasteiger partial charge >= 0.3 is 12.2 Å². The Morgan fingerprint density at radius 2 is 1.31 bits per heavy atom. The molecule has 0 atom stereocenters. The smallest absolute Gasteiger partial charge is 0.410 e. The van der Waals surface area contributed by atoms with Gasteiger partial charge in [-0.2, -0.15) is 0 Å². The van der Waals surface area contributed by atoms with Crippen LogP contribution in [0.1, 0.15) is 51.9 Å². The third-order valence-corrected chi connectivity index (χ3v) is 4.11. The van der Waals surface area contributed by atoms with Crippen molar-refractivity contribution in [2.24, 2.45) is 5.11 Å². The van der Waals surface area contributed by atoms with Gasteiger partial charge in [0.1, 0.15) is 24.4 Å². The van der Waals surface area contributed by atoms with Crippen LogP contribution in [-0.2, 0) is 9.47 Å². The molecule has 0 spiro atoms. The van der Waals surface area contributed by atoms with E-state index in [2.05, 4.69) is 10.0 Å². The molecule has 1 rings (SSSR count). The van der Waals surface area contributed by atoms with Crippen LogP contribution in [0.15, 0.2) is 23.3 Å². The van der Waals surface area contributed by atoms with Crippen LogP contribution >= 0.6 is 0 Å². The summed E-state index contributed by atoms with van der Waals surface area (Å²) < 4.78 is 22.1. The highest BCUT2D eigenvalue weighted by atomic mass is 16.6. The molecule has 0 fully saturated rings. The lowest BCUT2D eigenvalue weighted by molar-refractivity contribution is 0.0263. The molecule has 12 heteroatoms. The number of rotatable bonds is 9. The molecule has 0 aliphatic heterocycles. The first-order valence-electron chi connectivity index (χ1n) is 11.0. The van der Waals surface area contributed by atoms with Gasteiger partial charge in [-0.05, 0) is 70.4 Å². The number of carbonyl (C=O) groups excluding carboxylic acids is 3. The van der Waals surface area contributed by atoms with Crippen molar-refractivity contribution < 1.29 is 33.3 Å². The lowest BCUT2D eigenvalue weighted by Crippen LogP contribution is -2.36. The van der Waals surface area contributed by atoms with E-state index in [1.165, 1.54) is 28.0 Å². The van der Waals surface area contributed by atoms with Gasteiger partial charge in [-0.3, -0.25) is 4.79 Å². The van der Waals surface area contributed by atoms with Crippen LogP contribution in [-0.4, -0.2) is 79.5 Å². The zero-order chi connectivity index (χ0) is 26.8. The van der Waals surface area contributed by atoms with Gasteiger partial charge in [-0.1, -0.05) is 0 Å². The molecule has 0 radical (unpaired) electrons. The van der Waals surface area contributed by atoms with Gasteiger partial charge < -0.3 is 28.7 Å². The van der Waals surface area contributed by atoms with Gasteiger partial charge in [0.25, 0.3) is 0 Å². The van der Waals surface area contributed by atoms with Crippen molar-refractivity contribution in [1.29, 1.82) is 0 Å². The lowest BCUT2D eigenvalue weighted by atomic mass is 10.2. The highest BCUT2D eigenvalue weighted by molar-refractivity contribution is 5.95. The third-order valence-electron chi connectivity index (χ3n) is 4.11. The molecular formula is C23H35N5O7. The third kappa shape index (κ3) is 11.3. The first-order valence-corrected chi connectivity index (χ1v) is 11.0. The highest BCUT2D eigenvalue weighted by Gasteiger charge is 2.21. The molecule has 194 valence electrons. The Labute approximate surface area is 205 Å². The molecule has 3 amide bonds. The predicted molar refractivity (Wildman–Crippen MR) is 129 cm³/mol. The lowest BCUT2D eigenvalue weighted by Gasteiger charge is -2.25. The molecule has 0 aromatic heterocycles. The minimum atomic E-state index is -0.778. The summed E-state index contributed by atoms with van der Waals surface area (Å²) in [6.07, 6.45) is -0.992. The quantitative estimate of drug-likeness (QED) is 0.277. The summed E-state index contributed by atoms with van der Waals surface area (Å²) in [7, 11) is 3.16. The van der Waals surface area contributed by atoms with Gasteiger partial charge in [-0.15, -0.1) is 0 Å². The molecule has 0 heterocycles. The Kier molecular flexibility index (Phi) is 10.7. The Morgan fingerprint density at radius 1 is 0.857 bits per heavy atom. The fourth-order valence-corrected chi connectivity index (χ4v) is 2.42. The maximum absolute atomic E-state index is 12.1. The maximum Gasteiger partial charge on any atom is 0.410 e. The zero-order valence-corrected chi connectivity index (χ0v) is 21.7. The largest absolute Gasteiger partial charge is 0.488 e. The molecule has 0 saturated heterocycles. The second kappa shape index (κ2) is 12.7. The van der Waals surface area contributed by atoms with Crippen molar-refractivity contribution >= 4 is 18.1 Å². The summed E-state index contributed by atoms with van der Waals surface area (Å²) in [5.41, 5.74) is 7.39. The van der Waals surface area contributed by atoms with Crippen molar-refractivity contribution in [3.63, 3.8) is 0 Å². The van der Waals surface area contributed by atoms with E-state index in [1.54, 1.807) is 55.6 Å². The number of carbonyl (C=O) groups is 3. The normalized spacial score (nSPS) is 11.1. The van der Waals surface area contributed by atoms with Gasteiger partial charge in [0.05, 0.1) is 13.1 Å². The van der Waals surface area contributed by atoms with Crippen LogP contribution in [0.25, 0.3) is 10.4 Å². The van der Waals surface area contributed by atoms with E-state index in [0.717, 1.165) is 0 Å². The van der Waals surface area contributed by atoms with Crippen molar-refractivity contribution in [2.75, 3.05) is 40.4 Å². The van der Waals surface area contributed by atoms with Gasteiger partial charge in [0.2, 0.25) is 5.91 Å². The van der Waals surface area contributed by atoms with E-state index >= 15 is 0 Å². The van der Waals surface area contributed by atoms with Crippen molar-refractivity contribution in [3.8, 4) is 11.5 Å². The standard InChI is InChI=1S/C23H35N5O7/c1-22(2,3)34-20(30)27(7)11-13-32-17-10-9-16(19(29)25-26-24)15-18(17)33-14-12-28(8)21(31)35-23(4,5)6/h9-10,15H,11-14H2,1-8H3. The Balaban J connectivity index is 2.85. The predicted octanol–water partition coefficient (Wildman–Crippen LogP) is 4.63. The van der Waals surface area contributed by atoms with E-state index in [4.69, 9.17) is 24.5 Å². The van der Waals surface area contributed by atoms with Crippen molar-refractivity contribution in [3.05, 3.63) is 34.2 Å². The topological polar surface area (TPSA) is 143 Å². The fourth-order valence-electron chi connectivity index (χ4n) is 2.42. The average Bonchev–Trinajstić information content (AvgIpc) is 2.72. The number of hydrogen-bond donors (Lipinski definition) is 0. The molecule has 1 aromatic carbocycles. The molecule has 0 aliphatic rings.